The molecule has 9 nitrogen and oxygen atoms in total. The van der Waals surface area contributed by atoms with Gasteiger partial charge in [0.05, 0.1) is 12.7 Å². The minimum absolute atomic E-state index is 0.0680. The van der Waals surface area contributed by atoms with Crippen LogP contribution in [0.4, 0.5) is 5.69 Å². The van der Waals surface area contributed by atoms with E-state index in [0.717, 1.165) is 0 Å². The number of benzene rings is 1. The molecule has 2 aliphatic rings. The summed E-state index contributed by atoms with van der Waals surface area (Å²) in [5.41, 5.74) is 4.65. The number of para-hydroxylation sites is 1. The van der Waals surface area contributed by atoms with Crippen molar-refractivity contribution in [1.29, 1.82) is 0 Å². The van der Waals surface area contributed by atoms with Gasteiger partial charge in [0.2, 0.25) is 11.8 Å². The van der Waals surface area contributed by atoms with Crippen molar-refractivity contribution in [1.82, 2.24) is 0 Å². The van der Waals surface area contributed by atoms with Crippen LogP contribution in [0, 0.1) is 0 Å². The molecule has 0 saturated heterocycles. The van der Waals surface area contributed by atoms with Crippen molar-refractivity contribution in [2.75, 3.05) is 25.6 Å². The van der Waals surface area contributed by atoms with Crippen molar-refractivity contribution in [3.8, 4) is 0 Å². The Bertz CT molecular complexity index is 964. The number of carbonyl (C=O) groups excluding carboxylic acids is 3. The standard InChI is InChI=1S/C21H24N2O7/c1-11(2)29-19(25)15-12(3)30-17(22)16(18(24)28-10-9-27-4)21(15)13-7-5-6-8-14(13)23-20(21)26/h5-8,11H,9-10,22H2,1-4H3,(H,23,26)/t21-/m1/s1. The van der Waals surface area contributed by atoms with Crippen LogP contribution in [0.3, 0.4) is 0 Å². The summed E-state index contributed by atoms with van der Waals surface area (Å²) < 4.78 is 21.0. The van der Waals surface area contributed by atoms with Crippen molar-refractivity contribution >= 4 is 23.5 Å². The summed E-state index contributed by atoms with van der Waals surface area (Å²) in [7, 11) is 1.46. The van der Waals surface area contributed by atoms with Gasteiger partial charge in [-0.25, -0.2) is 9.59 Å². The first kappa shape index (κ1) is 21.4. The van der Waals surface area contributed by atoms with Gasteiger partial charge >= 0.3 is 11.9 Å². The van der Waals surface area contributed by atoms with Crippen LogP contribution in [0.2, 0.25) is 0 Å². The first-order valence-corrected chi connectivity index (χ1v) is 9.42. The number of allylic oxidation sites excluding steroid dienone is 1. The van der Waals surface area contributed by atoms with Crippen LogP contribution in [0.1, 0.15) is 26.3 Å². The van der Waals surface area contributed by atoms with Gasteiger partial charge < -0.3 is 30.0 Å². The van der Waals surface area contributed by atoms with Crippen LogP contribution in [0.5, 0.6) is 0 Å². The number of amides is 1. The Kier molecular flexibility index (Phi) is 5.84. The zero-order valence-corrected chi connectivity index (χ0v) is 17.2. The molecule has 1 amide bonds. The summed E-state index contributed by atoms with van der Waals surface area (Å²) in [6.45, 7) is 4.92. The molecule has 30 heavy (non-hydrogen) atoms. The van der Waals surface area contributed by atoms with Crippen molar-refractivity contribution in [2.24, 2.45) is 5.73 Å². The number of carbonyl (C=O) groups is 3. The van der Waals surface area contributed by atoms with Crippen LogP contribution >= 0.6 is 0 Å². The molecule has 2 aliphatic heterocycles. The molecule has 2 heterocycles. The monoisotopic (exact) mass is 416 g/mol. The Morgan fingerprint density at radius 3 is 2.53 bits per heavy atom. The van der Waals surface area contributed by atoms with E-state index in [1.807, 2.05) is 0 Å². The Labute approximate surface area is 173 Å². The molecular weight excluding hydrogens is 392 g/mol. The summed E-state index contributed by atoms with van der Waals surface area (Å²) in [6, 6.07) is 6.73. The van der Waals surface area contributed by atoms with Gasteiger partial charge in [-0.15, -0.1) is 0 Å². The fourth-order valence-corrected chi connectivity index (χ4v) is 3.71. The average molecular weight is 416 g/mol. The van der Waals surface area contributed by atoms with Gasteiger partial charge in [0.1, 0.15) is 28.9 Å². The molecule has 0 unspecified atom stereocenters. The van der Waals surface area contributed by atoms with Gasteiger partial charge in [0.25, 0.3) is 0 Å². The van der Waals surface area contributed by atoms with Crippen LogP contribution in [-0.4, -0.2) is 44.3 Å². The van der Waals surface area contributed by atoms with Crippen LogP contribution in [-0.2, 0) is 38.7 Å². The summed E-state index contributed by atoms with van der Waals surface area (Å²) in [4.78, 5) is 39.6. The molecule has 9 heteroatoms. The fourth-order valence-electron chi connectivity index (χ4n) is 3.71. The molecule has 0 aliphatic carbocycles. The Balaban J connectivity index is 2.25. The van der Waals surface area contributed by atoms with E-state index in [9.17, 15) is 14.4 Å². The molecule has 1 spiro atoms. The zero-order chi connectivity index (χ0) is 22.1. The van der Waals surface area contributed by atoms with Crippen LogP contribution < -0.4 is 11.1 Å². The first-order chi connectivity index (χ1) is 14.2. The molecule has 0 aromatic heterocycles. The fraction of sp³-hybridized carbons (Fsp3) is 0.381. The predicted octanol–water partition coefficient (Wildman–Crippen LogP) is 1.49. The second kappa shape index (κ2) is 8.19. The van der Waals surface area contributed by atoms with Gasteiger partial charge in [-0.05, 0) is 26.8 Å². The zero-order valence-electron chi connectivity index (χ0n) is 17.2. The maximum absolute atomic E-state index is 13.4. The van der Waals surface area contributed by atoms with Gasteiger partial charge in [-0.3, -0.25) is 4.79 Å². The van der Waals surface area contributed by atoms with Gasteiger partial charge in [0.15, 0.2) is 0 Å². The van der Waals surface area contributed by atoms with Crippen molar-refractivity contribution < 1.29 is 33.3 Å². The number of methoxy groups -OCH3 is 1. The molecule has 160 valence electrons. The number of rotatable bonds is 6. The minimum Gasteiger partial charge on any atom is -0.460 e. The Morgan fingerprint density at radius 2 is 1.87 bits per heavy atom. The summed E-state index contributed by atoms with van der Waals surface area (Å²) in [5.74, 6) is -2.55. The highest BCUT2D eigenvalue weighted by atomic mass is 16.6. The van der Waals surface area contributed by atoms with E-state index in [4.69, 9.17) is 24.7 Å². The lowest BCUT2D eigenvalue weighted by atomic mass is 9.67. The number of fused-ring (bicyclic) bond motifs is 2. The summed E-state index contributed by atoms with van der Waals surface area (Å²) in [6.07, 6.45) is -0.463. The number of ether oxygens (including phenoxy) is 4. The van der Waals surface area contributed by atoms with E-state index < -0.39 is 29.4 Å². The molecule has 0 fully saturated rings. The number of anilines is 1. The van der Waals surface area contributed by atoms with Gasteiger partial charge in [-0.1, -0.05) is 18.2 Å². The average Bonchev–Trinajstić information content (AvgIpc) is 2.93. The number of hydrogen-bond acceptors (Lipinski definition) is 8. The minimum atomic E-state index is -1.86. The first-order valence-electron chi connectivity index (χ1n) is 9.42. The molecule has 1 atom stereocenters. The van der Waals surface area contributed by atoms with Gasteiger partial charge in [-0.2, -0.15) is 0 Å². The third-order valence-corrected chi connectivity index (χ3v) is 4.80. The topological polar surface area (TPSA) is 126 Å². The van der Waals surface area contributed by atoms with E-state index in [0.29, 0.717) is 11.3 Å². The summed E-state index contributed by atoms with van der Waals surface area (Å²) in [5, 5.41) is 2.73. The third-order valence-electron chi connectivity index (χ3n) is 4.80. The lowest BCUT2D eigenvalue weighted by Gasteiger charge is -2.35. The molecule has 0 radical (unpaired) electrons. The number of nitrogens with one attached hydrogen (secondary N) is 1. The van der Waals surface area contributed by atoms with E-state index in [2.05, 4.69) is 5.32 Å². The van der Waals surface area contributed by atoms with Crippen molar-refractivity contribution in [3.63, 3.8) is 0 Å². The second-order valence-corrected chi connectivity index (χ2v) is 7.10. The highest BCUT2D eigenvalue weighted by Gasteiger charge is 2.61. The molecule has 3 N–H and O–H groups in total. The number of esters is 2. The lowest BCUT2D eigenvalue weighted by molar-refractivity contribution is -0.146. The predicted molar refractivity (Wildman–Crippen MR) is 106 cm³/mol. The molecule has 1 aromatic carbocycles. The molecule has 1 aromatic rings. The van der Waals surface area contributed by atoms with Crippen LogP contribution in [0.15, 0.2) is 47.1 Å². The van der Waals surface area contributed by atoms with E-state index >= 15 is 0 Å². The van der Waals surface area contributed by atoms with Crippen LogP contribution in [0.25, 0.3) is 0 Å². The maximum Gasteiger partial charge on any atom is 0.341 e. The largest absolute Gasteiger partial charge is 0.460 e. The molecule has 3 rings (SSSR count). The van der Waals surface area contributed by atoms with Crippen molar-refractivity contribution in [2.45, 2.75) is 32.3 Å². The quantitative estimate of drug-likeness (QED) is 0.528. The highest BCUT2D eigenvalue weighted by Crippen LogP contribution is 2.52. The second-order valence-electron chi connectivity index (χ2n) is 7.10. The van der Waals surface area contributed by atoms with E-state index in [-0.39, 0.29) is 36.0 Å². The lowest BCUT2D eigenvalue weighted by Crippen LogP contribution is -2.48. The normalized spacial score (nSPS) is 20.2. The number of hydrogen-bond donors (Lipinski definition) is 2. The van der Waals surface area contributed by atoms with Gasteiger partial charge in [0, 0.05) is 18.4 Å². The SMILES string of the molecule is COCCOC(=O)C1=C(N)OC(C)=C(C(=O)OC(C)C)[C@@]12C(=O)Nc1ccccc12. The third kappa shape index (κ3) is 3.30. The van der Waals surface area contributed by atoms with Crippen molar-refractivity contribution in [3.05, 3.63) is 52.6 Å². The summed E-state index contributed by atoms with van der Waals surface area (Å²) >= 11 is 0. The molecular formula is C21H24N2O7. The Morgan fingerprint density at radius 1 is 1.17 bits per heavy atom. The Hall–Kier alpha value is -3.33. The van der Waals surface area contributed by atoms with E-state index in [1.165, 1.54) is 14.0 Å². The van der Waals surface area contributed by atoms with E-state index in [1.54, 1.807) is 38.1 Å². The molecule has 0 saturated carbocycles. The maximum atomic E-state index is 13.4. The molecule has 0 bridgehead atoms. The number of nitrogens with two attached hydrogens (primary N) is 1. The smallest absolute Gasteiger partial charge is 0.341 e. The highest BCUT2D eigenvalue weighted by molar-refractivity contribution is 6.21.